The normalized spacial score (nSPS) is 12.6. The molecule has 0 saturated heterocycles. The van der Waals surface area contributed by atoms with Gasteiger partial charge in [0.05, 0.1) is 6.10 Å². The topological polar surface area (TPSA) is 70.1 Å². The summed E-state index contributed by atoms with van der Waals surface area (Å²) < 4.78 is 0. The van der Waals surface area contributed by atoms with Crippen molar-refractivity contribution < 1.29 is 5.11 Å². The zero-order valence-electron chi connectivity index (χ0n) is 11.0. The minimum atomic E-state index is -0.342. The lowest BCUT2D eigenvalue weighted by atomic mass is 10.2. The van der Waals surface area contributed by atoms with Crippen LogP contribution in [0.3, 0.4) is 0 Å². The fourth-order valence-corrected chi connectivity index (χ4v) is 1.31. The van der Waals surface area contributed by atoms with Gasteiger partial charge in [0.1, 0.15) is 17.5 Å². The smallest absolute Gasteiger partial charge is 0.135 e. The van der Waals surface area contributed by atoms with E-state index in [2.05, 4.69) is 34.4 Å². The molecule has 1 aromatic heterocycles. The third-order valence-electron chi connectivity index (χ3n) is 2.51. The molecule has 0 bridgehead atoms. The molecule has 17 heavy (non-hydrogen) atoms. The molecule has 5 nitrogen and oxygen atoms in total. The molecule has 1 aromatic rings. The molecule has 0 aliphatic carbocycles. The highest BCUT2D eigenvalue weighted by Crippen LogP contribution is 2.16. The lowest BCUT2D eigenvalue weighted by molar-refractivity contribution is 0.183. The summed E-state index contributed by atoms with van der Waals surface area (Å²) in [6, 6.07) is 1.84. The van der Waals surface area contributed by atoms with Crippen LogP contribution in [0.5, 0.6) is 0 Å². The van der Waals surface area contributed by atoms with Gasteiger partial charge in [-0.1, -0.05) is 20.8 Å². The summed E-state index contributed by atoms with van der Waals surface area (Å²) >= 11 is 0. The second kappa shape index (κ2) is 6.39. The molecule has 1 heterocycles. The van der Waals surface area contributed by atoms with Gasteiger partial charge in [0.15, 0.2) is 0 Å². The van der Waals surface area contributed by atoms with Crippen molar-refractivity contribution >= 4 is 11.6 Å². The van der Waals surface area contributed by atoms with Crippen molar-refractivity contribution in [1.82, 2.24) is 9.97 Å². The van der Waals surface area contributed by atoms with Crippen LogP contribution >= 0.6 is 0 Å². The Morgan fingerprint density at radius 2 is 1.94 bits per heavy atom. The maximum Gasteiger partial charge on any atom is 0.135 e. The van der Waals surface area contributed by atoms with Gasteiger partial charge in [-0.25, -0.2) is 9.97 Å². The van der Waals surface area contributed by atoms with Gasteiger partial charge in [0, 0.05) is 25.6 Å². The highest BCUT2D eigenvalue weighted by molar-refractivity contribution is 5.47. The molecule has 1 unspecified atom stereocenters. The van der Waals surface area contributed by atoms with E-state index in [1.165, 1.54) is 0 Å². The van der Waals surface area contributed by atoms with Crippen molar-refractivity contribution in [2.75, 3.05) is 24.2 Å². The van der Waals surface area contributed by atoms with Crippen LogP contribution in [0.15, 0.2) is 6.07 Å². The van der Waals surface area contributed by atoms with E-state index in [0.29, 0.717) is 6.54 Å². The molecule has 5 heteroatoms. The van der Waals surface area contributed by atoms with E-state index in [1.807, 2.05) is 20.0 Å². The number of aromatic nitrogens is 2. The van der Waals surface area contributed by atoms with Gasteiger partial charge in [0.25, 0.3) is 0 Å². The largest absolute Gasteiger partial charge is 0.391 e. The lowest BCUT2D eigenvalue weighted by Crippen LogP contribution is -2.19. The molecule has 1 atom stereocenters. The van der Waals surface area contributed by atoms with E-state index in [0.717, 1.165) is 23.9 Å². The van der Waals surface area contributed by atoms with Crippen LogP contribution in [0.25, 0.3) is 0 Å². The van der Waals surface area contributed by atoms with Crippen LogP contribution in [0, 0.1) is 0 Å². The van der Waals surface area contributed by atoms with E-state index >= 15 is 0 Å². The van der Waals surface area contributed by atoms with Crippen molar-refractivity contribution in [3.63, 3.8) is 0 Å². The number of nitrogens with one attached hydrogen (secondary N) is 2. The van der Waals surface area contributed by atoms with E-state index < -0.39 is 0 Å². The second-order valence-electron chi connectivity index (χ2n) is 4.34. The number of rotatable bonds is 6. The maximum absolute atomic E-state index is 9.50. The Balaban J connectivity index is 2.80. The van der Waals surface area contributed by atoms with Crippen molar-refractivity contribution in [2.45, 2.75) is 39.2 Å². The number of aliphatic hydroxyl groups excluding tert-OH is 1. The Kier molecular flexibility index (Phi) is 5.15. The minimum absolute atomic E-state index is 0.278. The highest BCUT2D eigenvalue weighted by atomic mass is 16.3. The molecule has 0 fully saturated rings. The molecule has 3 N–H and O–H groups in total. The summed E-state index contributed by atoms with van der Waals surface area (Å²) in [7, 11) is 1.83. The fraction of sp³-hybridized carbons (Fsp3) is 0.667. The summed E-state index contributed by atoms with van der Waals surface area (Å²) in [6.07, 6.45) is 0.388. The van der Waals surface area contributed by atoms with Crippen molar-refractivity contribution in [3.05, 3.63) is 11.9 Å². The van der Waals surface area contributed by atoms with Crippen LogP contribution in [-0.2, 0) is 0 Å². The first kappa shape index (κ1) is 13.7. The minimum Gasteiger partial charge on any atom is -0.391 e. The summed E-state index contributed by atoms with van der Waals surface area (Å²) in [6.45, 7) is 6.57. The number of aliphatic hydroxyl groups is 1. The third-order valence-corrected chi connectivity index (χ3v) is 2.51. The molecular formula is C12H22N4O. The van der Waals surface area contributed by atoms with Crippen molar-refractivity contribution in [1.29, 1.82) is 0 Å². The number of hydrogen-bond acceptors (Lipinski definition) is 5. The van der Waals surface area contributed by atoms with Gasteiger partial charge in [-0.15, -0.1) is 0 Å². The molecule has 0 amide bonds. The number of nitrogens with zero attached hydrogens (tertiary/aromatic N) is 2. The SMILES string of the molecule is CCC(O)CNc1cc(NC)nc(C(C)C)n1. The molecule has 0 spiro atoms. The predicted molar refractivity (Wildman–Crippen MR) is 70.5 cm³/mol. The average Bonchev–Trinajstić information content (AvgIpc) is 2.35. The van der Waals surface area contributed by atoms with Crippen LogP contribution in [0.2, 0.25) is 0 Å². The first-order chi connectivity index (χ1) is 8.06. The standard InChI is InChI=1S/C12H22N4O/c1-5-9(17)7-14-11-6-10(13-4)15-12(16-11)8(2)3/h6,8-9,17H,5,7H2,1-4H3,(H2,13,14,15,16). The van der Waals surface area contributed by atoms with E-state index in [4.69, 9.17) is 0 Å². The van der Waals surface area contributed by atoms with Gasteiger partial charge in [0.2, 0.25) is 0 Å². The summed E-state index contributed by atoms with van der Waals surface area (Å²) in [4.78, 5) is 8.79. The van der Waals surface area contributed by atoms with Crippen LogP contribution in [0.4, 0.5) is 11.6 Å². The van der Waals surface area contributed by atoms with Crippen LogP contribution in [0.1, 0.15) is 38.9 Å². The third kappa shape index (κ3) is 4.19. The maximum atomic E-state index is 9.50. The Hall–Kier alpha value is -1.36. The summed E-state index contributed by atoms with van der Waals surface area (Å²) in [5, 5.41) is 15.6. The quantitative estimate of drug-likeness (QED) is 0.705. The second-order valence-corrected chi connectivity index (χ2v) is 4.34. The molecular weight excluding hydrogens is 216 g/mol. The zero-order valence-corrected chi connectivity index (χ0v) is 11.0. The van der Waals surface area contributed by atoms with Gasteiger partial charge in [-0.3, -0.25) is 0 Å². The highest BCUT2D eigenvalue weighted by Gasteiger charge is 2.08. The first-order valence-corrected chi connectivity index (χ1v) is 6.05. The van der Waals surface area contributed by atoms with E-state index in [1.54, 1.807) is 0 Å². The molecule has 0 aliphatic heterocycles. The molecule has 0 radical (unpaired) electrons. The fourth-order valence-electron chi connectivity index (χ4n) is 1.31. The van der Waals surface area contributed by atoms with Crippen molar-refractivity contribution in [3.8, 4) is 0 Å². The number of anilines is 2. The average molecular weight is 238 g/mol. The van der Waals surface area contributed by atoms with E-state index in [9.17, 15) is 5.11 Å². The predicted octanol–water partition coefficient (Wildman–Crippen LogP) is 1.82. The molecule has 0 aliphatic rings. The van der Waals surface area contributed by atoms with Gasteiger partial charge in [-0.05, 0) is 6.42 Å². The van der Waals surface area contributed by atoms with Crippen LogP contribution < -0.4 is 10.6 Å². The monoisotopic (exact) mass is 238 g/mol. The Morgan fingerprint density at radius 3 is 2.47 bits per heavy atom. The van der Waals surface area contributed by atoms with Gasteiger partial charge >= 0.3 is 0 Å². The molecule has 1 rings (SSSR count). The van der Waals surface area contributed by atoms with Crippen molar-refractivity contribution in [2.24, 2.45) is 0 Å². The summed E-state index contributed by atoms with van der Waals surface area (Å²) in [5.41, 5.74) is 0. The van der Waals surface area contributed by atoms with E-state index in [-0.39, 0.29) is 12.0 Å². The summed E-state index contributed by atoms with van der Waals surface area (Å²) in [5.74, 6) is 2.61. The van der Waals surface area contributed by atoms with Crippen LogP contribution in [-0.4, -0.2) is 34.8 Å². The number of hydrogen-bond donors (Lipinski definition) is 3. The van der Waals surface area contributed by atoms with Gasteiger partial charge in [-0.2, -0.15) is 0 Å². The Labute approximate surface area is 103 Å². The Bertz CT molecular complexity index is 354. The molecule has 0 saturated carbocycles. The lowest BCUT2D eigenvalue weighted by Gasteiger charge is -2.13. The molecule has 0 aromatic carbocycles. The molecule has 96 valence electrons. The Morgan fingerprint density at radius 1 is 1.29 bits per heavy atom. The zero-order chi connectivity index (χ0) is 12.8. The van der Waals surface area contributed by atoms with Gasteiger partial charge < -0.3 is 15.7 Å². The first-order valence-electron chi connectivity index (χ1n) is 6.05.